The molecule has 0 aromatic heterocycles. The summed E-state index contributed by atoms with van der Waals surface area (Å²) in [5, 5.41) is 14.7. The van der Waals surface area contributed by atoms with Gasteiger partial charge < -0.3 is 20.5 Å². The molecular formula is C27H27F3N4O6S. The summed E-state index contributed by atoms with van der Waals surface area (Å²) in [6.45, 7) is 0.759. The maximum Gasteiger partial charge on any atom is 0.490 e. The minimum absolute atomic E-state index is 0.0445. The summed E-state index contributed by atoms with van der Waals surface area (Å²) >= 11 is 0. The molecule has 3 aromatic rings. The highest BCUT2D eigenvalue weighted by Gasteiger charge is 2.38. The van der Waals surface area contributed by atoms with Crippen LogP contribution in [0.25, 0.3) is 11.1 Å². The normalized spacial score (nSPS) is 15.2. The fourth-order valence-corrected chi connectivity index (χ4v) is 5.24. The van der Waals surface area contributed by atoms with Crippen molar-refractivity contribution in [1.82, 2.24) is 9.62 Å². The number of nitrogen functional groups attached to an aromatic ring is 1. The molecule has 0 aliphatic carbocycles. The molecule has 1 amide bonds. The number of nitrogens with one attached hydrogen (secondary N) is 2. The smallest absolute Gasteiger partial charge is 0.490 e. The number of hydrogen-bond acceptors (Lipinski definition) is 6. The molecule has 1 heterocycles. The number of para-hydroxylation sites is 1. The van der Waals surface area contributed by atoms with Crippen molar-refractivity contribution in [3.63, 3.8) is 0 Å². The molecule has 5 N–H and O–H groups in total. The number of carbonyl (C=O) groups excluding carboxylic acids is 1. The zero-order valence-corrected chi connectivity index (χ0v) is 22.5. The second-order valence-corrected chi connectivity index (χ2v) is 10.6. The second-order valence-electron chi connectivity index (χ2n) is 8.86. The molecule has 1 aliphatic heterocycles. The fraction of sp³-hybridized carbons (Fsp3) is 0.222. The molecule has 1 saturated heterocycles. The van der Waals surface area contributed by atoms with Gasteiger partial charge in [-0.05, 0) is 41.8 Å². The van der Waals surface area contributed by atoms with Crippen LogP contribution in [0.1, 0.15) is 17.5 Å². The van der Waals surface area contributed by atoms with Gasteiger partial charge in [0.15, 0.2) is 0 Å². The zero-order valence-electron chi connectivity index (χ0n) is 21.7. The van der Waals surface area contributed by atoms with Gasteiger partial charge in [-0.3, -0.25) is 10.2 Å². The van der Waals surface area contributed by atoms with Crippen molar-refractivity contribution < 1.29 is 41.0 Å². The lowest BCUT2D eigenvalue weighted by atomic mass is 10.1. The molecule has 0 unspecified atom stereocenters. The number of carboxylic acids is 1. The minimum Gasteiger partial charge on any atom is -0.496 e. The number of hydrogen-bond donors (Lipinski definition) is 4. The van der Waals surface area contributed by atoms with E-state index in [4.69, 9.17) is 25.8 Å². The SMILES string of the molecule is COc1ccccc1-c1ccc(S(=O)(=O)N[C@H]2CCN(Cc3cccc(C(=N)N)c3)C2=O)cc1.O=C(O)C(F)(F)F. The van der Waals surface area contributed by atoms with Crippen molar-refractivity contribution >= 4 is 27.7 Å². The van der Waals surface area contributed by atoms with E-state index in [-0.39, 0.29) is 16.6 Å². The standard InChI is InChI=1S/C25H26N4O4S.C2HF3O2/c1-33-23-8-3-2-7-21(23)18-9-11-20(12-10-18)34(31,32)28-22-13-14-29(25(22)30)16-17-5-4-6-19(15-17)24(26)27;3-2(4,5)1(6)7/h2-12,15,22,28H,13-14,16H2,1H3,(H3,26,27);(H,6,7)/t22-;/m0./s1. The molecule has 41 heavy (non-hydrogen) atoms. The van der Waals surface area contributed by atoms with Gasteiger partial charge in [-0.25, -0.2) is 13.2 Å². The van der Waals surface area contributed by atoms with Gasteiger partial charge in [0, 0.05) is 24.2 Å². The lowest BCUT2D eigenvalue weighted by Gasteiger charge is -2.18. The fourth-order valence-electron chi connectivity index (χ4n) is 4.02. The van der Waals surface area contributed by atoms with Gasteiger partial charge in [-0.1, -0.05) is 48.5 Å². The third-order valence-electron chi connectivity index (χ3n) is 6.03. The van der Waals surface area contributed by atoms with Crippen LogP contribution in [0, 0.1) is 5.41 Å². The number of carbonyl (C=O) groups is 2. The molecule has 0 spiro atoms. The number of ether oxygens (including phenoxy) is 1. The van der Waals surface area contributed by atoms with Crippen LogP contribution in [0.2, 0.25) is 0 Å². The van der Waals surface area contributed by atoms with Gasteiger partial charge in [-0.2, -0.15) is 17.9 Å². The molecule has 0 saturated carbocycles. The molecule has 0 radical (unpaired) electrons. The van der Waals surface area contributed by atoms with Gasteiger partial charge in [0.05, 0.1) is 12.0 Å². The molecule has 218 valence electrons. The molecule has 3 aromatic carbocycles. The summed E-state index contributed by atoms with van der Waals surface area (Å²) in [6.07, 6.45) is -4.70. The van der Waals surface area contributed by atoms with Crippen LogP contribution < -0.4 is 15.2 Å². The van der Waals surface area contributed by atoms with E-state index in [1.807, 2.05) is 30.3 Å². The number of nitrogens with zero attached hydrogens (tertiary/aromatic N) is 1. The van der Waals surface area contributed by atoms with E-state index in [0.29, 0.717) is 30.8 Å². The quantitative estimate of drug-likeness (QED) is 0.230. The Morgan fingerprint density at radius 3 is 2.34 bits per heavy atom. The number of nitrogens with two attached hydrogens (primary N) is 1. The predicted molar refractivity (Wildman–Crippen MR) is 144 cm³/mol. The molecule has 1 atom stereocenters. The van der Waals surface area contributed by atoms with E-state index in [9.17, 15) is 26.4 Å². The van der Waals surface area contributed by atoms with Crippen molar-refractivity contribution in [2.75, 3.05) is 13.7 Å². The number of alkyl halides is 3. The average Bonchev–Trinajstić information content (AvgIpc) is 3.26. The Morgan fingerprint density at radius 2 is 1.76 bits per heavy atom. The van der Waals surface area contributed by atoms with E-state index >= 15 is 0 Å². The van der Waals surface area contributed by atoms with E-state index in [1.54, 1.807) is 42.3 Å². The van der Waals surface area contributed by atoms with Crippen molar-refractivity contribution in [2.45, 2.75) is 30.1 Å². The summed E-state index contributed by atoms with van der Waals surface area (Å²) in [7, 11) is -2.29. The van der Waals surface area contributed by atoms with E-state index in [1.165, 1.54) is 12.1 Å². The summed E-state index contributed by atoms with van der Waals surface area (Å²) in [6, 6.07) is 20.3. The molecule has 1 fully saturated rings. The first-order chi connectivity index (χ1) is 19.2. The lowest BCUT2D eigenvalue weighted by molar-refractivity contribution is -0.192. The van der Waals surface area contributed by atoms with Crippen LogP contribution in [0.3, 0.4) is 0 Å². The van der Waals surface area contributed by atoms with Crippen molar-refractivity contribution in [2.24, 2.45) is 5.73 Å². The molecule has 14 heteroatoms. The Bertz CT molecular complexity index is 1530. The van der Waals surface area contributed by atoms with Crippen LogP contribution in [0.15, 0.2) is 77.7 Å². The van der Waals surface area contributed by atoms with Crippen LogP contribution >= 0.6 is 0 Å². The Hall–Kier alpha value is -4.43. The first-order valence-electron chi connectivity index (χ1n) is 12.0. The highest BCUT2D eigenvalue weighted by atomic mass is 32.2. The van der Waals surface area contributed by atoms with E-state index < -0.39 is 28.2 Å². The minimum atomic E-state index is -5.08. The molecule has 4 rings (SSSR count). The predicted octanol–water partition coefficient (Wildman–Crippen LogP) is 3.36. The van der Waals surface area contributed by atoms with Gasteiger partial charge in [0.25, 0.3) is 0 Å². The Morgan fingerprint density at radius 1 is 1.12 bits per heavy atom. The molecule has 1 aliphatic rings. The summed E-state index contributed by atoms with van der Waals surface area (Å²) < 4.78 is 65.6. The first-order valence-corrected chi connectivity index (χ1v) is 13.5. The number of amides is 1. The van der Waals surface area contributed by atoms with E-state index in [0.717, 1.165) is 16.7 Å². The summed E-state index contributed by atoms with van der Waals surface area (Å²) in [4.78, 5) is 23.5. The van der Waals surface area contributed by atoms with Crippen LogP contribution in [-0.2, 0) is 26.2 Å². The number of aliphatic carboxylic acids is 1. The number of carboxylic acid groups (broad SMARTS) is 1. The van der Waals surface area contributed by atoms with Gasteiger partial charge in [0.1, 0.15) is 17.6 Å². The largest absolute Gasteiger partial charge is 0.496 e. The molecule has 0 bridgehead atoms. The van der Waals surface area contributed by atoms with Crippen LogP contribution in [0.5, 0.6) is 5.75 Å². The highest BCUT2D eigenvalue weighted by Crippen LogP contribution is 2.30. The van der Waals surface area contributed by atoms with Gasteiger partial charge in [0.2, 0.25) is 15.9 Å². The van der Waals surface area contributed by atoms with Crippen LogP contribution in [-0.4, -0.2) is 62.0 Å². The van der Waals surface area contributed by atoms with Gasteiger partial charge in [-0.15, -0.1) is 0 Å². The first kappa shape index (κ1) is 31.1. The van der Waals surface area contributed by atoms with Gasteiger partial charge >= 0.3 is 12.1 Å². The topological polar surface area (TPSA) is 163 Å². The molecular weight excluding hydrogens is 565 g/mol. The third-order valence-corrected chi connectivity index (χ3v) is 7.52. The monoisotopic (exact) mass is 592 g/mol. The number of methoxy groups -OCH3 is 1. The number of rotatable bonds is 8. The highest BCUT2D eigenvalue weighted by molar-refractivity contribution is 7.89. The second kappa shape index (κ2) is 12.8. The van der Waals surface area contributed by atoms with E-state index in [2.05, 4.69) is 4.72 Å². The average molecular weight is 593 g/mol. The molecule has 10 nitrogen and oxygen atoms in total. The maximum atomic E-state index is 12.9. The zero-order chi connectivity index (χ0) is 30.4. The number of amidine groups is 1. The summed E-state index contributed by atoms with van der Waals surface area (Å²) in [5.41, 5.74) is 8.64. The Labute approximate surface area is 234 Å². The maximum absolute atomic E-state index is 12.9. The number of benzene rings is 3. The Kier molecular flexibility index (Phi) is 9.73. The number of sulfonamides is 1. The summed E-state index contributed by atoms with van der Waals surface area (Å²) in [5.74, 6) is -2.38. The number of likely N-dealkylation sites (tertiary alicyclic amines) is 1. The van der Waals surface area contributed by atoms with Crippen molar-refractivity contribution in [3.8, 4) is 16.9 Å². The Balaban J connectivity index is 0.000000587. The third kappa shape index (κ3) is 8.05. The van der Waals surface area contributed by atoms with Crippen molar-refractivity contribution in [3.05, 3.63) is 83.9 Å². The number of halogens is 3. The van der Waals surface area contributed by atoms with Crippen LogP contribution in [0.4, 0.5) is 13.2 Å². The van der Waals surface area contributed by atoms with Crippen molar-refractivity contribution in [1.29, 1.82) is 5.41 Å². The lowest BCUT2D eigenvalue weighted by Crippen LogP contribution is -2.41.